The molecule has 1 saturated carbocycles. The van der Waals surface area contributed by atoms with Crippen molar-refractivity contribution in [1.29, 1.82) is 0 Å². The molecule has 1 aliphatic carbocycles. The lowest BCUT2D eigenvalue weighted by molar-refractivity contribution is -0.122. The van der Waals surface area contributed by atoms with Crippen molar-refractivity contribution in [3.63, 3.8) is 0 Å². The van der Waals surface area contributed by atoms with Crippen LogP contribution in [0.2, 0.25) is 0 Å². The second-order valence-corrected chi connectivity index (χ2v) is 6.24. The number of carbonyl (C=O) groups excluding carboxylic acids is 2. The molecule has 1 aromatic rings. The van der Waals surface area contributed by atoms with Crippen LogP contribution in [0.3, 0.4) is 0 Å². The van der Waals surface area contributed by atoms with Crippen LogP contribution in [0.25, 0.3) is 0 Å². The molecule has 114 valence electrons. The summed E-state index contributed by atoms with van der Waals surface area (Å²) in [5, 5.41) is 5.13. The molecule has 0 radical (unpaired) electrons. The smallest absolute Gasteiger partial charge is 0.321 e. The van der Waals surface area contributed by atoms with Gasteiger partial charge >= 0.3 is 6.03 Å². The molecule has 2 N–H and O–H groups in total. The predicted octanol–water partition coefficient (Wildman–Crippen LogP) is 2.83. The number of imide groups is 1. The third-order valence-corrected chi connectivity index (χ3v) is 4.28. The molecule has 0 aromatic heterocycles. The fraction of sp³-hybridized carbons (Fsp3) is 0.467. The molecule has 3 amide bonds. The first-order valence-electron chi connectivity index (χ1n) is 7.13. The summed E-state index contributed by atoms with van der Waals surface area (Å²) in [6.07, 6.45) is 5.46. The summed E-state index contributed by atoms with van der Waals surface area (Å²) in [6, 6.07) is 7.17. The lowest BCUT2D eigenvalue weighted by Gasteiger charge is -2.22. The van der Waals surface area contributed by atoms with Gasteiger partial charge in [-0.15, -0.1) is 0 Å². The van der Waals surface area contributed by atoms with E-state index < -0.39 is 11.9 Å². The number of amides is 3. The van der Waals surface area contributed by atoms with Gasteiger partial charge in [-0.1, -0.05) is 31.4 Å². The number of nitrogens with one attached hydrogen (secondary N) is 2. The van der Waals surface area contributed by atoms with E-state index in [4.69, 9.17) is 4.74 Å². The summed E-state index contributed by atoms with van der Waals surface area (Å²) < 4.78 is 6.32. The molecular formula is C15H19IN2O3. The number of urea groups is 1. The Morgan fingerprint density at radius 2 is 1.90 bits per heavy atom. The van der Waals surface area contributed by atoms with E-state index in [-0.39, 0.29) is 12.6 Å². The van der Waals surface area contributed by atoms with Gasteiger partial charge in [-0.3, -0.25) is 10.1 Å². The maximum Gasteiger partial charge on any atom is 0.321 e. The summed E-state index contributed by atoms with van der Waals surface area (Å²) in [5.74, 6) is 0.198. The SMILES string of the molecule is O=C(COc1ccccc1I)NC(=O)NC1CCCCC1. The van der Waals surface area contributed by atoms with Crippen LogP contribution in [0, 0.1) is 3.57 Å². The lowest BCUT2D eigenvalue weighted by Crippen LogP contribution is -2.46. The zero-order chi connectivity index (χ0) is 15.1. The van der Waals surface area contributed by atoms with Gasteiger partial charge in [0.25, 0.3) is 5.91 Å². The Balaban J connectivity index is 1.71. The van der Waals surface area contributed by atoms with Gasteiger partial charge in [-0.05, 0) is 47.6 Å². The summed E-state index contributed by atoms with van der Waals surface area (Å²) in [7, 11) is 0. The number of hydrogen-bond acceptors (Lipinski definition) is 3. The van der Waals surface area contributed by atoms with Crippen LogP contribution in [0.15, 0.2) is 24.3 Å². The molecule has 2 rings (SSSR count). The Morgan fingerprint density at radius 3 is 2.62 bits per heavy atom. The van der Waals surface area contributed by atoms with Crippen molar-refractivity contribution in [2.75, 3.05) is 6.61 Å². The van der Waals surface area contributed by atoms with Crippen LogP contribution in [0.4, 0.5) is 4.79 Å². The van der Waals surface area contributed by atoms with Crippen molar-refractivity contribution in [3.05, 3.63) is 27.8 Å². The zero-order valence-electron chi connectivity index (χ0n) is 11.7. The van der Waals surface area contributed by atoms with E-state index in [1.165, 1.54) is 6.42 Å². The Bertz CT molecular complexity index is 501. The van der Waals surface area contributed by atoms with Crippen LogP contribution in [0.5, 0.6) is 5.75 Å². The van der Waals surface area contributed by atoms with E-state index in [0.29, 0.717) is 5.75 Å². The summed E-state index contributed by atoms with van der Waals surface area (Å²) in [6.45, 7) is -0.169. The highest BCUT2D eigenvalue weighted by atomic mass is 127. The lowest BCUT2D eigenvalue weighted by atomic mass is 9.96. The molecule has 0 unspecified atom stereocenters. The van der Waals surface area contributed by atoms with Crippen molar-refractivity contribution in [1.82, 2.24) is 10.6 Å². The fourth-order valence-electron chi connectivity index (χ4n) is 2.34. The normalized spacial score (nSPS) is 15.3. The predicted molar refractivity (Wildman–Crippen MR) is 88.2 cm³/mol. The molecule has 0 saturated heterocycles. The van der Waals surface area contributed by atoms with Crippen LogP contribution in [0.1, 0.15) is 32.1 Å². The first-order chi connectivity index (χ1) is 10.1. The van der Waals surface area contributed by atoms with Crippen LogP contribution in [-0.2, 0) is 4.79 Å². The van der Waals surface area contributed by atoms with E-state index in [2.05, 4.69) is 33.2 Å². The van der Waals surface area contributed by atoms with Crippen molar-refractivity contribution < 1.29 is 14.3 Å². The van der Waals surface area contributed by atoms with Crippen LogP contribution < -0.4 is 15.4 Å². The summed E-state index contributed by atoms with van der Waals surface area (Å²) >= 11 is 2.13. The van der Waals surface area contributed by atoms with E-state index >= 15 is 0 Å². The van der Waals surface area contributed by atoms with Gasteiger partial charge in [-0.2, -0.15) is 0 Å². The number of para-hydroxylation sites is 1. The van der Waals surface area contributed by atoms with E-state index in [1.54, 1.807) is 6.07 Å². The van der Waals surface area contributed by atoms with E-state index in [0.717, 1.165) is 29.3 Å². The maximum atomic E-state index is 11.7. The Hall–Kier alpha value is -1.31. The molecule has 6 heteroatoms. The van der Waals surface area contributed by atoms with Gasteiger partial charge in [0, 0.05) is 6.04 Å². The minimum Gasteiger partial charge on any atom is -0.483 e. The number of hydrogen-bond donors (Lipinski definition) is 2. The fourth-order valence-corrected chi connectivity index (χ4v) is 2.88. The third-order valence-electron chi connectivity index (χ3n) is 3.39. The number of ether oxygens (including phenoxy) is 1. The standard InChI is InChI=1S/C15H19IN2O3/c16-12-8-4-5-9-13(12)21-10-14(19)18-15(20)17-11-6-2-1-3-7-11/h4-5,8-9,11H,1-3,6-7,10H2,(H2,17,18,19,20). The van der Waals surface area contributed by atoms with Crippen molar-refractivity contribution >= 4 is 34.5 Å². The average molecular weight is 402 g/mol. The second-order valence-electron chi connectivity index (χ2n) is 5.08. The van der Waals surface area contributed by atoms with Crippen LogP contribution in [-0.4, -0.2) is 24.6 Å². The van der Waals surface area contributed by atoms with Gasteiger partial charge in [0.1, 0.15) is 5.75 Å². The minimum absolute atomic E-state index is 0.169. The Labute approximate surface area is 138 Å². The molecule has 0 atom stereocenters. The first kappa shape index (κ1) is 16.1. The first-order valence-corrected chi connectivity index (χ1v) is 8.20. The monoisotopic (exact) mass is 402 g/mol. The minimum atomic E-state index is -0.442. The topological polar surface area (TPSA) is 67.4 Å². The maximum absolute atomic E-state index is 11.7. The molecular weight excluding hydrogens is 383 g/mol. The molecule has 1 aromatic carbocycles. The highest BCUT2D eigenvalue weighted by Crippen LogP contribution is 2.19. The van der Waals surface area contributed by atoms with Gasteiger partial charge in [0.15, 0.2) is 6.61 Å². The zero-order valence-corrected chi connectivity index (χ0v) is 13.9. The molecule has 0 heterocycles. The van der Waals surface area contributed by atoms with Gasteiger partial charge in [0.2, 0.25) is 0 Å². The van der Waals surface area contributed by atoms with Crippen LogP contribution >= 0.6 is 22.6 Å². The molecule has 0 bridgehead atoms. The number of rotatable bonds is 4. The molecule has 1 aliphatic rings. The summed E-state index contributed by atoms with van der Waals surface area (Å²) in [4.78, 5) is 23.4. The molecule has 0 aliphatic heterocycles. The highest BCUT2D eigenvalue weighted by molar-refractivity contribution is 14.1. The Kier molecular flexibility index (Phi) is 6.28. The summed E-state index contributed by atoms with van der Waals surface area (Å²) in [5.41, 5.74) is 0. The molecule has 21 heavy (non-hydrogen) atoms. The second kappa shape index (κ2) is 8.21. The van der Waals surface area contributed by atoms with Crippen molar-refractivity contribution in [3.8, 4) is 5.75 Å². The van der Waals surface area contributed by atoms with Gasteiger partial charge in [0.05, 0.1) is 3.57 Å². The average Bonchev–Trinajstić information content (AvgIpc) is 2.47. The number of carbonyl (C=O) groups is 2. The van der Waals surface area contributed by atoms with Gasteiger partial charge in [-0.25, -0.2) is 4.79 Å². The molecule has 1 fully saturated rings. The van der Waals surface area contributed by atoms with Gasteiger partial charge < -0.3 is 10.1 Å². The Morgan fingerprint density at radius 1 is 1.19 bits per heavy atom. The molecule has 5 nitrogen and oxygen atoms in total. The molecule has 0 spiro atoms. The largest absolute Gasteiger partial charge is 0.483 e. The van der Waals surface area contributed by atoms with Crippen molar-refractivity contribution in [2.24, 2.45) is 0 Å². The highest BCUT2D eigenvalue weighted by Gasteiger charge is 2.17. The third kappa shape index (κ3) is 5.53. The van der Waals surface area contributed by atoms with E-state index in [1.807, 2.05) is 18.2 Å². The number of halogens is 1. The quantitative estimate of drug-likeness (QED) is 0.762. The van der Waals surface area contributed by atoms with E-state index in [9.17, 15) is 9.59 Å². The number of benzene rings is 1. The van der Waals surface area contributed by atoms with Crippen molar-refractivity contribution in [2.45, 2.75) is 38.1 Å².